The lowest BCUT2D eigenvalue weighted by molar-refractivity contribution is 0.0466. The fourth-order valence-electron chi connectivity index (χ4n) is 3.68. The second kappa shape index (κ2) is 5.51. The summed E-state index contributed by atoms with van der Waals surface area (Å²) in [6, 6.07) is 4.41. The number of pyridine rings is 1. The molecule has 1 spiro atoms. The predicted octanol–water partition coefficient (Wildman–Crippen LogP) is 3.41. The summed E-state index contributed by atoms with van der Waals surface area (Å²) in [6.07, 6.45) is 8.83. The monoisotopic (exact) mass is 276 g/mol. The van der Waals surface area contributed by atoms with Crippen LogP contribution in [0.25, 0.3) is 0 Å². The van der Waals surface area contributed by atoms with Crippen LogP contribution in [0.3, 0.4) is 0 Å². The van der Waals surface area contributed by atoms with Crippen molar-refractivity contribution in [1.82, 2.24) is 9.88 Å². The molecule has 2 aliphatic rings. The zero-order chi connectivity index (χ0) is 14.0. The molecule has 20 heavy (non-hydrogen) atoms. The minimum atomic E-state index is -0.586. The minimum absolute atomic E-state index is 0.129. The molecule has 2 heterocycles. The van der Waals surface area contributed by atoms with Crippen LogP contribution in [0.15, 0.2) is 18.2 Å². The average molecular weight is 276 g/mol. The van der Waals surface area contributed by atoms with E-state index in [0.29, 0.717) is 5.41 Å². The van der Waals surface area contributed by atoms with Crippen molar-refractivity contribution in [1.29, 1.82) is 0 Å². The number of hydrogen-bond acceptors (Lipinski definition) is 2. The Balaban J connectivity index is 1.64. The van der Waals surface area contributed by atoms with Crippen LogP contribution in [0.1, 0.15) is 55.4 Å². The van der Waals surface area contributed by atoms with Crippen molar-refractivity contribution < 1.29 is 9.18 Å². The van der Waals surface area contributed by atoms with Crippen molar-refractivity contribution in [2.45, 2.75) is 44.9 Å². The van der Waals surface area contributed by atoms with Gasteiger partial charge in [-0.2, -0.15) is 4.39 Å². The molecule has 3 nitrogen and oxygen atoms in total. The van der Waals surface area contributed by atoms with E-state index in [1.54, 1.807) is 12.1 Å². The summed E-state index contributed by atoms with van der Waals surface area (Å²) in [5, 5.41) is 0. The van der Waals surface area contributed by atoms with E-state index < -0.39 is 5.95 Å². The molecule has 2 fully saturated rings. The Hall–Kier alpha value is -1.45. The van der Waals surface area contributed by atoms with Gasteiger partial charge in [-0.3, -0.25) is 4.79 Å². The molecular formula is C16H21FN2O. The fraction of sp³-hybridized carbons (Fsp3) is 0.625. The number of aromatic nitrogens is 1. The van der Waals surface area contributed by atoms with E-state index in [-0.39, 0.29) is 11.6 Å². The standard InChI is InChI=1S/C16H21FN2O/c17-14-6-4-5-13(18-14)15(20)19-11-9-16(10-12-19)7-2-1-3-8-16/h4-6H,1-3,7-12H2. The number of halogens is 1. The molecule has 1 aromatic rings. The Bertz CT molecular complexity index is 487. The lowest BCUT2D eigenvalue weighted by Gasteiger charge is -2.44. The quantitative estimate of drug-likeness (QED) is 0.736. The van der Waals surface area contributed by atoms with Gasteiger partial charge in [0.2, 0.25) is 5.95 Å². The summed E-state index contributed by atoms with van der Waals surface area (Å²) in [7, 11) is 0. The topological polar surface area (TPSA) is 33.2 Å². The third-order valence-corrected chi connectivity index (χ3v) is 4.96. The van der Waals surface area contributed by atoms with Gasteiger partial charge in [-0.1, -0.05) is 25.3 Å². The second-order valence-corrected chi connectivity index (χ2v) is 6.20. The summed E-state index contributed by atoms with van der Waals surface area (Å²) >= 11 is 0. The van der Waals surface area contributed by atoms with Crippen LogP contribution in [0.5, 0.6) is 0 Å². The van der Waals surface area contributed by atoms with Crippen LogP contribution in [-0.4, -0.2) is 28.9 Å². The molecule has 1 amide bonds. The molecule has 108 valence electrons. The number of likely N-dealkylation sites (tertiary alicyclic amines) is 1. The molecule has 0 bridgehead atoms. The highest BCUT2D eigenvalue weighted by Crippen LogP contribution is 2.44. The maximum Gasteiger partial charge on any atom is 0.272 e. The lowest BCUT2D eigenvalue weighted by Crippen LogP contribution is -2.44. The van der Waals surface area contributed by atoms with E-state index >= 15 is 0 Å². The number of carbonyl (C=O) groups is 1. The van der Waals surface area contributed by atoms with E-state index in [4.69, 9.17) is 0 Å². The van der Waals surface area contributed by atoms with Crippen molar-refractivity contribution in [2.75, 3.05) is 13.1 Å². The smallest absolute Gasteiger partial charge is 0.272 e. The van der Waals surface area contributed by atoms with Gasteiger partial charge >= 0.3 is 0 Å². The van der Waals surface area contributed by atoms with Gasteiger partial charge in [-0.05, 0) is 43.2 Å². The van der Waals surface area contributed by atoms with Crippen LogP contribution in [-0.2, 0) is 0 Å². The first kappa shape index (κ1) is 13.5. The SMILES string of the molecule is O=C(c1cccc(F)n1)N1CCC2(CCCCC2)CC1. The highest BCUT2D eigenvalue weighted by Gasteiger charge is 2.36. The lowest BCUT2D eigenvalue weighted by atomic mass is 9.68. The molecule has 0 N–H and O–H groups in total. The maximum atomic E-state index is 13.1. The van der Waals surface area contributed by atoms with Crippen LogP contribution in [0, 0.1) is 11.4 Å². The fourth-order valence-corrected chi connectivity index (χ4v) is 3.68. The summed E-state index contributed by atoms with van der Waals surface area (Å²) < 4.78 is 13.1. The Labute approximate surface area is 119 Å². The number of rotatable bonds is 1. The van der Waals surface area contributed by atoms with Gasteiger partial charge in [0.05, 0.1) is 0 Å². The average Bonchev–Trinajstić information content (AvgIpc) is 2.48. The van der Waals surface area contributed by atoms with Gasteiger partial charge in [0, 0.05) is 13.1 Å². The normalized spacial score (nSPS) is 21.9. The minimum Gasteiger partial charge on any atom is -0.337 e. The van der Waals surface area contributed by atoms with Crippen molar-refractivity contribution in [3.8, 4) is 0 Å². The highest BCUT2D eigenvalue weighted by atomic mass is 19.1. The Kier molecular flexibility index (Phi) is 3.72. The van der Waals surface area contributed by atoms with Crippen molar-refractivity contribution in [3.63, 3.8) is 0 Å². The van der Waals surface area contributed by atoms with Gasteiger partial charge < -0.3 is 4.90 Å². The number of hydrogen-bond donors (Lipinski definition) is 0. The summed E-state index contributed by atoms with van der Waals surface area (Å²) in [5.74, 6) is -0.716. The Morgan fingerprint density at radius 2 is 1.80 bits per heavy atom. The first-order valence-corrected chi connectivity index (χ1v) is 7.60. The van der Waals surface area contributed by atoms with Crippen LogP contribution in [0.2, 0.25) is 0 Å². The molecule has 3 rings (SSSR count). The zero-order valence-electron chi connectivity index (χ0n) is 11.8. The molecule has 4 heteroatoms. The van der Waals surface area contributed by atoms with Crippen LogP contribution < -0.4 is 0 Å². The number of piperidine rings is 1. The zero-order valence-corrected chi connectivity index (χ0v) is 11.8. The number of carbonyl (C=O) groups excluding carboxylic acids is 1. The van der Waals surface area contributed by atoms with Crippen LogP contribution in [0.4, 0.5) is 4.39 Å². The molecule has 0 radical (unpaired) electrons. The van der Waals surface area contributed by atoms with Gasteiger partial charge in [-0.25, -0.2) is 4.98 Å². The summed E-state index contributed by atoms with van der Waals surface area (Å²) in [5.41, 5.74) is 0.703. The third kappa shape index (κ3) is 2.69. The molecule has 1 saturated heterocycles. The van der Waals surface area contributed by atoms with E-state index in [1.807, 2.05) is 4.90 Å². The summed E-state index contributed by atoms with van der Waals surface area (Å²) in [4.78, 5) is 17.8. The van der Waals surface area contributed by atoms with Gasteiger partial charge in [0.15, 0.2) is 0 Å². The van der Waals surface area contributed by atoms with Crippen LogP contribution >= 0.6 is 0 Å². The van der Waals surface area contributed by atoms with Gasteiger partial charge in [0.25, 0.3) is 5.91 Å². The maximum absolute atomic E-state index is 13.1. The van der Waals surface area contributed by atoms with Crippen molar-refractivity contribution in [2.24, 2.45) is 5.41 Å². The first-order chi connectivity index (χ1) is 9.69. The Morgan fingerprint density at radius 3 is 2.45 bits per heavy atom. The van der Waals surface area contributed by atoms with Crippen molar-refractivity contribution >= 4 is 5.91 Å². The first-order valence-electron chi connectivity index (χ1n) is 7.60. The molecule has 0 aromatic carbocycles. The van der Waals surface area contributed by atoms with E-state index in [1.165, 1.54) is 38.2 Å². The van der Waals surface area contributed by atoms with E-state index in [9.17, 15) is 9.18 Å². The largest absolute Gasteiger partial charge is 0.337 e. The highest BCUT2D eigenvalue weighted by molar-refractivity contribution is 5.92. The molecular weight excluding hydrogens is 255 g/mol. The second-order valence-electron chi connectivity index (χ2n) is 6.20. The third-order valence-electron chi connectivity index (χ3n) is 4.96. The number of nitrogens with zero attached hydrogens (tertiary/aromatic N) is 2. The predicted molar refractivity (Wildman–Crippen MR) is 74.9 cm³/mol. The van der Waals surface area contributed by atoms with Crippen molar-refractivity contribution in [3.05, 3.63) is 29.8 Å². The summed E-state index contributed by atoms with van der Waals surface area (Å²) in [6.45, 7) is 1.58. The molecule has 1 aromatic heterocycles. The Morgan fingerprint density at radius 1 is 1.10 bits per heavy atom. The van der Waals surface area contributed by atoms with E-state index in [2.05, 4.69) is 4.98 Å². The van der Waals surface area contributed by atoms with E-state index in [0.717, 1.165) is 25.9 Å². The molecule has 0 atom stereocenters. The molecule has 0 unspecified atom stereocenters. The van der Waals surface area contributed by atoms with Gasteiger partial charge in [0.1, 0.15) is 5.69 Å². The number of amides is 1. The van der Waals surface area contributed by atoms with Gasteiger partial charge in [-0.15, -0.1) is 0 Å². The molecule has 1 aliphatic heterocycles. The molecule has 1 aliphatic carbocycles. The molecule has 1 saturated carbocycles.